The Bertz CT molecular complexity index is 867. The Balaban J connectivity index is 1.63. The van der Waals surface area contributed by atoms with Crippen molar-refractivity contribution in [1.29, 1.82) is 0 Å². The van der Waals surface area contributed by atoms with Gasteiger partial charge in [0.05, 0.1) is 12.2 Å². The van der Waals surface area contributed by atoms with Crippen molar-refractivity contribution in [3.05, 3.63) is 82.9 Å². The average molecular weight is 359 g/mol. The molecule has 128 valence electrons. The van der Waals surface area contributed by atoms with Gasteiger partial charge in [0, 0.05) is 24.0 Å². The van der Waals surface area contributed by atoms with E-state index in [2.05, 4.69) is 15.7 Å². The van der Waals surface area contributed by atoms with E-state index in [1.54, 1.807) is 10.9 Å². The minimum atomic E-state index is -0.543. The number of nitrogens with one attached hydrogen (secondary N) is 2. The van der Waals surface area contributed by atoms with Crippen molar-refractivity contribution >= 4 is 23.3 Å². The van der Waals surface area contributed by atoms with Crippen LogP contribution in [0.25, 0.3) is 0 Å². The van der Waals surface area contributed by atoms with E-state index in [1.165, 1.54) is 18.2 Å². The first kappa shape index (κ1) is 17.0. The number of aromatic nitrogens is 2. The van der Waals surface area contributed by atoms with Crippen LogP contribution in [0, 0.1) is 5.82 Å². The number of carbonyl (C=O) groups excluding carboxylic acids is 1. The second-order valence-electron chi connectivity index (χ2n) is 5.40. The Labute approximate surface area is 149 Å². The van der Waals surface area contributed by atoms with Crippen molar-refractivity contribution in [3.63, 3.8) is 0 Å². The van der Waals surface area contributed by atoms with Crippen molar-refractivity contribution in [2.75, 3.05) is 5.32 Å². The van der Waals surface area contributed by atoms with Gasteiger partial charge in [-0.25, -0.2) is 9.18 Å². The third kappa shape index (κ3) is 4.58. The van der Waals surface area contributed by atoms with Gasteiger partial charge in [0.1, 0.15) is 5.82 Å². The maximum absolute atomic E-state index is 13.7. The summed E-state index contributed by atoms with van der Waals surface area (Å²) in [4.78, 5) is 12.0. The summed E-state index contributed by atoms with van der Waals surface area (Å²) in [6, 6.07) is 13.1. The van der Waals surface area contributed by atoms with E-state index in [4.69, 9.17) is 11.6 Å². The molecular formula is C18H16ClFN4O. The maximum Gasteiger partial charge on any atom is 0.319 e. The predicted octanol–water partition coefficient (Wildman–Crippen LogP) is 4.05. The molecule has 0 aliphatic carbocycles. The summed E-state index contributed by atoms with van der Waals surface area (Å²) in [7, 11) is 0. The summed E-state index contributed by atoms with van der Waals surface area (Å²) in [5.74, 6) is -0.543. The normalized spacial score (nSPS) is 10.5. The molecule has 25 heavy (non-hydrogen) atoms. The molecule has 0 aliphatic rings. The van der Waals surface area contributed by atoms with Gasteiger partial charge in [0.2, 0.25) is 0 Å². The first-order valence-corrected chi connectivity index (χ1v) is 8.04. The lowest BCUT2D eigenvalue weighted by Gasteiger charge is -2.12. The molecule has 0 radical (unpaired) electrons. The van der Waals surface area contributed by atoms with E-state index in [9.17, 15) is 9.18 Å². The Kier molecular flexibility index (Phi) is 5.30. The number of halogens is 2. The third-order valence-corrected chi connectivity index (χ3v) is 3.86. The highest BCUT2D eigenvalue weighted by Gasteiger charge is 2.09. The fourth-order valence-electron chi connectivity index (χ4n) is 2.39. The number of hydrogen-bond donors (Lipinski definition) is 2. The number of amides is 2. The van der Waals surface area contributed by atoms with Crippen LogP contribution in [0.15, 0.2) is 60.9 Å². The quantitative estimate of drug-likeness (QED) is 0.723. The Morgan fingerprint density at radius 1 is 1.16 bits per heavy atom. The molecule has 0 aliphatic heterocycles. The minimum Gasteiger partial charge on any atom is -0.334 e. The standard InChI is InChI=1S/C18H16ClFN4O/c19-15-6-7-16(20)17(10-15)23-18(25)21-11-13-4-1-2-5-14(13)12-24-9-3-8-22-24/h1-10H,11-12H2,(H2,21,23,25). The zero-order chi connectivity index (χ0) is 17.6. The van der Waals surface area contributed by atoms with Crippen molar-refractivity contribution < 1.29 is 9.18 Å². The van der Waals surface area contributed by atoms with Crippen molar-refractivity contribution in [1.82, 2.24) is 15.1 Å². The highest BCUT2D eigenvalue weighted by molar-refractivity contribution is 6.30. The first-order chi connectivity index (χ1) is 12.1. The topological polar surface area (TPSA) is 59.0 Å². The largest absolute Gasteiger partial charge is 0.334 e. The first-order valence-electron chi connectivity index (χ1n) is 7.66. The van der Waals surface area contributed by atoms with Crippen molar-refractivity contribution in [3.8, 4) is 0 Å². The molecule has 2 N–H and O–H groups in total. The third-order valence-electron chi connectivity index (χ3n) is 3.63. The van der Waals surface area contributed by atoms with Gasteiger partial charge in [-0.3, -0.25) is 4.68 Å². The predicted molar refractivity (Wildman–Crippen MR) is 95.0 cm³/mol. The van der Waals surface area contributed by atoms with E-state index < -0.39 is 11.8 Å². The number of urea groups is 1. The fraction of sp³-hybridized carbons (Fsp3) is 0.111. The molecule has 3 rings (SSSR count). The summed E-state index contributed by atoms with van der Waals surface area (Å²) in [6.45, 7) is 0.918. The summed E-state index contributed by atoms with van der Waals surface area (Å²) in [5, 5.41) is 9.72. The number of hydrogen-bond acceptors (Lipinski definition) is 2. The second-order valence-corrected chi connectivity index (χ2v) is 5.84. The molecule has 0 unspecified atom stereocenters. The van der Waals surface area contributed by atoms with E-state index in [-0.39, 0.29) is 5.69 Å². The van der Waals surface area contributed by atoms with Crippen LogP contribution in [0.4, 0.5) is 14.9 Å². The van der Waals surface area contributed by atoms with Crippen LogP contribution in [-0.2, 0) is 13.1 Å². The van der Waals surface area contributed by atoms with Gasteiger partial charge < -0.3 is 10.6 Å². The van der Waals surface area contributed by atoms with Crippen molar-refractivity contribution in [2.24, 2.45) is 0 Å². The van der Waals surface area contributed by atoms with Crippen molar-refractivity contribution in [2.45, 2.75) is 13.1 Å². The lowest BCUT2D eigenvalue weighted by Crippen LogP contribution is -2.29. The Morgan fingerprint density at radius 2 is 1.96 bits per heavy atom. The summed E-state index contributed by atoms with van der Waals surface area (Å²) in [5.41, 5.74) is 2.04. The number of carbonyl (C=O) groups is 1. The molecule has 3 aromatic rings. The van der Waals surface area contributed by atoms with Crippen LogP contribution in [0.2, 0.25) is 5.02 Å². The van der Waals surface area contributed by atoms with Crippen LogP contribution in [-0.4, -0.2) is 15.8 Å². The van der Waals surface area contributed by atoms with Gasteiger partial charge in [-0.15, -0.1) is 0 Å². The van der Waals surface area contributed by atoms with E-state index in [1.807, 2.05) is 36.5 Å². The maximum atomic E-state index is 13.7. The lowest BCUT2D eigenvalue weighted by atomic mass is 10.1. The van der Waals surface area contributed by atoms with E-state index in [0.717, 1.165) is 11.1 Å². The van der Waals surface area contributed by atoms with Crippen LogP contribution in [0.5, 0.6) is 0 Å². The summed E-state index contributed by atoms with van der Waals surface area (Å²) >= 11 is 5.82. The number of anilines is 1. The fourth-order valence-corrected chi connectivity index (χ4v) is 2.56. The van der Waals surface area contributed by atoms with Gasteiger partial charge in [-0.2, -0.15) is 5.10 Å². The molecule has 2 aromatic carbocycles. The van der Waals surface area contributed by atoms with Gasteiger partial charge in [0.25, 0.3) is 0 Å². The smallest absolute Gasteiger partial charge is 0.319 e. The molecule has 0 spiro atoms. The Hall–Kier alpha value is -2.86. The molecule has 1 aromatic heterocycles. The van der Waals surface area contributed by atoms with Crippen LogP contribution >= 0.6 is 11.6 Å². The molecule has 0 atom stereocenters. The molecule has 5 nitrogen and oxygen atoms in total. The van der Waals surface area contributed by atoms with Crippen LogP contribution in [0.3, 0.4) is 0 Å². The summed E-state index contributed by atoms with van der Waals surface area (Å²) < 4.78 is 15.5. The Morgan fingerprint density at radius 3 is 2.72 bits per heavy atom. The van der Waals surface area contributed by atoms with Gasteiger partial charge in [-0.05, 0) is 35.4 Å². The van der Waals surface area contributed by atoms with E-state index in [0.29, 0.717) is 18.1 Å². The highest BCUT2D eigenvalue weighted by atomic mass is 35.5. The second kappa shape index (κ2) is 7.81. The zero-order valence-electron chi connectivity index (χ0n) is 13.2. The highest BCUT2D eigenvalue weighted by Crippen LogP contribution is 2.19. The van der Waals surface area contributed by atoms with Gasteiger partial charge >= 0.3 is 6.03 Å². The molecule has 0 saturated carbocycles. The zero-order valence-corrected chi connectivity index (χ0v) is 14.0. The number of nitrogens with zero attached hydrogens (tertiary/aromatic N) is 2. The molecule has 0 fully saturated rings. The molecule has 2 amide bonds. The minimum absolute atomic E-state index is 0.0369. The van der Waals surface area contributed by atoms with Crippen LogP contribution < -0.4 is 10.6 Å². The molecule has 1 heterocycles. The van der Waals surface area contributed by atoms with Gasteiger partial charge in [-0.1, -0.05) is 35.9 Å². The molecule has 0 saturated heterocycles. The van der Waals surface area contributed by atoms with Gasteiger partial charge in [0.15, 0.2) is 0 Å². The van der Waals surface area contributed by atoms with Crippen LogP contribution in [0.1, 0.15) is 11.1 Å². The monoisotopic (exact) mass is 358 g/mol. The lowest BCUT2D eigenvalue weighted by molar-refractivity contribution is 0.251. The molecular weight excluding hydrogens is 343 g/mol. The SMILES string of the molecule is O=C(NCc1ccccc1Cn1cccn1)Nc1cc(Cl)ccc1F. The molecule has 7 heteroatoms. The summed E-state index contributed by atoms with van der Waals surface area (Å²) in [6.07, 6.45) is 3.59. The number of rotatable bonds is 5. The van der Waals surface area contributed by atoms with E-state index >= 15 is 0 Å². The molecule has 0 bridgehead atoms. The number of benzene rings is 2. The average Bonchev–Trinajstić information content (AvgIpc) is 3.10.